The molecule has 0 aliphatic carbocycles. The lowest BCUT2D eigenvalue weighted by molar-refractivity contribution is 0.313. The van der Waals surface area contributed by atoms with E-state index in [0.717, 1.165) is 48.3 Å². The lowest BCUT2D eigenvalue weighted by Gasteiger charge is -2.34. The van der Waals surface area contributed by atoms with Crippen molar-refractivity contribution >= 4 is 28.3 Å². The maximum atomic E-state index is 6.24. The number of hydrogen-bond donors (Lipinski definition) is 1. The van der Waals surface area contributed by atoms with Crippen molar-refractivity contribution in [2.24, 2.45) is 0 Å². The summed E-state index contributed by atoms with van der Waals surface area (Å²) in [6.45, 7) is 4.36. The summed E-state index contributed by atoms with van der Waals surface area (Å²) in [5, 5.41) is 1.36. The Kier molecular flexibility index (Phi) is 3.67. The van der Waals surface area contributed by atoms with E-state index in [-0.39, 0.29) is 0 Å². The van der Waals surface area contributed by atoms with Crippen LogP contribution < -0.4 is 4.90 Å². The van der Waals surface area contributed by atoms with E-state index in [1.807, 2.05) is 6.20 Å². The molecule has 1 aliphatic heterocycles. The number of fused-ring (bicyclic) bond motifs is 1. The zero-order chi connectivity index (χ0) is 15.8. The van der Waals surface area contributed by atoms with Gasteiger partial charge in [-0.3, -0.25) is 0 Å². The number of hydrogen-bond acceptors (Lipinski definition) is 4. The summed E-state index contributed by atoms with van der Waals surface area (Å²) in [6, 6.07) is 8.63. The van der Waals surface area contributed by atoms with Gasteiger partial charge in [-0.15, -0.1) is 0 Å². The van der Waals surface area contributed by atoms with Crippen LogP contribution in [0.2, 0.25) is 5.15 Å². The maximum Gasteiger partial charge on any atom is 0.142 e. The summed E-state index contributed by atoms with van der Waals surface area (Å²) < 4.78 is 0. The molecule has 0 bridgehead atoms. The van der Waals surface area contributed by atoms with Crippen LogP contribution in [0.5, 0.6) is 0 Å². The van der Waals surface area contributed by atoms with E-state index >= 15 is 0 Å². The smallest absolute Gasteiger partial charge is 0.142 e. The van der Waals surface area contributed by atoms with Gasteiger partial charge in [-0.2, -0.15) is 0 Å². The number of anilines is 1. The number of aromatic nitrogens is 3. The van der Waals surface area contributed by atoms with E-state index in [1.54, 1.807) is 0 Å². The Hall–Kier alpha value is -2.11. The van der Waals surface area contributed by atoms with E-state index in [4.69, 9.17) is 11.6 Å². The highest BCUT2D eigenvalue weighted by molar-refractivity contribution is 6.35. The van der Waals surface area contributed by atoms with Crippen LogP contribution in [0, 0.1) is 0 Å². The molecule has 118 valence electrons. The van der Waals surface area contributed by atoms with Gasteiger partial charge in [0, 0.05) is 43.6 Å². The number of benzene rings is 1. The topological polar surface area (TPSA) is 48.0 Å². The number of H-pyrrole nitrogens is 1. The molecule has 3 aromatic rings. The first kappa shape index (κ1) is 14.5. The van der Waals surface area contributed by atoms with Crippen molar-refractivity contribution < 1.29 is 0 Å². The molecule has 1 aromatic carbocycles. The van der Waals surface area contributed by atoms with E-state index in [0.29, 0.717) is 5.15 Å². The van der Waals surface area contributed by atoms with Crippen molar-refractivity contribution in [1.29, 1.82) is 0 Å². The zero-order valence-electron chi connectivity index (χ0n) is 13.0. The summed E-state index contributed by atoms with van der Waals surface area (Å²) >= 11 is 6.24. The number of rotatable bonds is 2. The molecule has 1 fully saturated rings. The third kappa shape index (κ3) is 2.66. The van der Waals surface area contributed by atoms with Gasteiger partial charge in [-0.25, -0.2) is 9.97 Å². The molecule has 0 radical (unpaired) electrons. The van der Waals surface area contributed by atoms with Crippen molar-refractivity contribution in [3.8, 4) is 11.1 Å². The Morgan fingerprint density at radius 1 is 1.04 bits per heavy atom. The maximum absolute atomic E-state index is 6.24. The van der Waals surface area contributed by atoms with Crippen LogP contribution in [0.15, 0.2) is 36.8 Å². The molecule has 6 heteroatoms. The van der Waals surface area contributed by atoms with Crippen LogP contribution in [0.25, 0.3) is 22.2 Å². The lowest BCUT2D eigenvalue weighted by Crippen LogP contribution is -2.44. The molecule has 0 saturated carbocycles. The molecule has 2 aromatic heterocycles. The molecule has 0 amide bonds. The highest BCUT2D eigenvalue weighted by atomic mass is 35.5. The SMILES string of the molecule is CN1CCN(c2ccc(-c3c[nH]c4ncnc(Cl)c34)cc2)CC1. The van der Waals surface area contributed by atoms with Gasteiger partial charge >= 0.3 is 0 Å². The number of aromatic amines is 1. The number of nitrogens with zero attached hydrogens (tertiary/aromatic N) is 4. The van der Waals surface area contributed by atoms with Crippen LogP contribution in [-0.4, -0.2) is 53.1 Å². The lowest BCUT2D eigenvalue weighted by atomic mass is 10.1. The summed E-state index contributed by atoms with van der Waals surface area (Å²) in [6.07, 6.45) is 3.41. The quantitative estimate of drug-likeness (QED) is 0.735. The highest BCUT2D eigenvalue weighted by Crippen LogP contribution is 2.32. The highest BCUT2D eigenvalue weighted by Gasteiger charge is 2.15. The van der Waals surface area contributed by atoms with Gasteiger partial charge in [0.15, 0.2) is 0 Å². The number of likely N-dealkylation sites (N-methyl/N-ethyl adjacent to an activating group) is 1. The van der Waals surface area contributed by atoms with Crippen LogP contribution in [0.1, 0.15) is 0 Å². The van der Waals surface area contributed by atoms with Crippen LogP contribution in [-0.2, 0) is 0 Å². The molecule has 0 unspecified atom stereocenters. The Balaban J connectivity index is 1.65. The molecular formula is C17H18ClN5. The van der Waals surface area contributed by atoms with Gasteiger partial charge in [-0.1, -0.05) is 23.7 Å². The van der Waals surface area contributed by atoms with Crippen LogP contribution >= 0.6 is 11.6 Å². The van der Waals surface area contributed by atoms with E-state index < -0.39 is 0 Å². The fraction of sp³-hybridized carbons (Fsp3) is 0.294. The van der Waals surface area contributed by atoms with Crippen molar-refractivity contribution in [1.82, 2.24) is 19.9 Å². The molecule has 1 N–H and O–H groups in total. The Morgan fingerprint density at radius 3 is 2.52 bits per heavy atom. The molecule has 23 heavy (non-hydrogen) atoms. The van der Waals surface area contributed by atoms with E-state index in [9.17, 15) is 0 Å². The molecule has 3 heterocycles. The van der Waals surface area contributed by atoms with Gasteiger partial charge in [0.2, 0.25) is 0 Å². The normalized spacial score (nSPS) is 16.2. The molecule has 1 saturated heterocycles. The number of nitrogens with one attached hydrogen (secondary N) is 1. The largest absolute Gasteiger partial charge is 0.369 e. The van der Waals surface area contributed by atoms with Crippen LogP contribution in [0.3, 0.4) is 0 Å². The summed E-state index contributed by atoms with van der Waals surface area (Å²) in [5.74, 6) is 0. The van der Waals surface area contributed by atoms with Crippen molar-refractivity contribution in [3.63, 3.8) is 0 Å². The van der Waals surface area contributed by atoms with Gasteiger partial charge in [-0.05, 0) is 24.7 Å². The molecule has 0 atom stereocenters. The minimum absolute atomic E-state index is 0.481. The monoisotopic (exact) mass is 327 g/mol. The van der Waals surface area contributed by atoms with E-state index in [1.165, 1.54) is 12.0 Å². The fourth-order valence-corrected chi connectivity index (χ4v) is 3.30. The Labute approximate surface area is 139 Å². The standard InChI is InChI=1S/C17H18ClN5/c1-22-6-8-23(9-7-22)13-4-2-12(3-5-13)14-10-19-17-15(14)16(18)20-11-21-17/h2-5,10-11H,6-9H2,1H3,(H,19,20,21). The fourth-order valence-electron chi connectivity index (χ4n) is 3.07. The molecular weight excluding hydrogens is 310 g/mol. The minimum Gasteiger partial charge on any atom is -0.369 e. The van der Waals surface area contributed by atoms with Crippen molar-refractivity contribution in [2.75, 3.05) is 38.1 Å². The first-order valence-electron chi connectivity index (χ1n) is 7.74. The molecule has 1 aliphatic rings. The second-order valence-electron chi connectivity index (χ2n) is 5.93. The first-order chi connectivity index (χ1) is 11.2. The average molecular weight is 328 g/mol. The summed E-state index contributed by atoms with van der Waals surface area (Å²) in [4.78, 5) is 16.3. The third-order valence-electron chi connectivity index (χ3n) is 4.47. The zero-order valence-corrected chi connectivity index (χ0v) is 13.7. The summed E-state index contributed by atoms with van der Waals surface area (Å²) in [5.41, 5.74) is 4.19. The number of halogens is 1. The van der Waals surface area contributed by atoms with E-state index in [2.05, 4.69) is 56.1 Å². The van der Waals surface area contributed by atoms with Gasteiger partial charge in [0.25, 0.3) is 0 Å². The predicted molar refractivity (Wildman–Crippen MR) is 94.0 cm³/mol. The average Bonchev–Trinajstić information content (AvgIpc) is 3.01. The molecule has 0 spiro atoms. The van der Waals surface area contributed by atoms with Gasteiger partial charge < -0.3 is 14.8 Å². The second-order valence-corrected chi connectivity index (χ2v) is 6.29. The summed E-state index contributed by atoms with van der Waals surface area (Å²) in [7, 11) is 2.17. The third-order valence-corrected chi connectivity index (χ3v) is 4.76. The molecule has 5 nitrogen and oxygen atoms in total. The minimum atomic E-state index is 0.481. The van der Waals surface area contributed by atoms with Gasteiger partial charge in [0.1, 0.15) is 17.1 Å². The van der Waals surface area contributed by atoms with Crippen molar-refractivity contribution in [2.45, 2.75) is 0 Å². The Morgan fingerprint density at radius 2 is 1.78 bits per heavy atom. The Bertz CT molecular complexity index is 819. The predicted octanol–water partition coefficient (Wildman–Crippen LogP) is 3.03. The second kappa shape index (κ2) is 5.83. The molecule has 4 rings (SSSR count). The first-order valence-corrected chi connectivity index (χ1v) is 8.12. The van der Waals surface area contributed by atoms with Crippen molar-refractivity contribution in [3.05, 3.63) is 41.9 Å². The number of piperazine rings is 1. The van der Waals surface area contributed by atoms with Crippen LogP contribution in [0.4, 0.5) is 5.69 Å². The van der Waals surface area contributed by atoms with Gasteiger partial charge in [0.05, 0.1) is 5.39 Å².